The highest BCUT2D eigenvalue weighted by Crippen LogP contribution is 2.19. The minimum absolute atomic E-state index is 0.00973. The predicted molar refractivity (Wildman–Crippen MR) is 78.9 cm³/mol. The zero-order valence-corrected chi connectivity index (χ0v) is 12.7. The maximum Gasteiger partial charge on any atom is 0.243 e. The minimum atomic E-state index is -0.267. The Balaban J connectivity index is 2.60. The molecule has 1 aromatic carbocycles. The van der Waals surface area contributed by atoms with Crippen LogP contribution in [0.1, 0.15) is 12.5 Å². The highest BCUT2D eigenvalue weighted by atomic mass is 35.5. The fourth-order valence-corrected chi connectivity index (χ4v) is 1.77. The molecule has 20 heavy (non-hydrogen) atoms. The lowest BCUT2D eigenvalue weighted by atomic mass is 10.2. The SMILES string of the molecule is COCCN(CC(=O)Nc1ccc(C)c(Cl)c1)C(C)=O. The lowest BCUT2D eigenvalue weighted by Crippen LogP contribution is -2.38. The third-order valence-corrected chi connectivity index (χ3v) is 3.21. The summed E-state index contributed by atoms with van der Waals surface area (Å²) in [6, 6.07) is 5.28. The third-order valence-electron chi connectivity index (χ3n) is 2.80. The van der Waals surface area contributed by atoms with Crippen LogP contribution in [-0.2, 0) is 14.3 Å². The molecule has 0 radical (unpaired) electrons. The van der Waals surface area contributed by atoms with Crippen molar-refractivity contribution < 1.29 is 14.3 Å². The van der Waals surface area contributed by atoms with Crippen LogP contribution < -0.4 is 5.32 Å². The maximum absolute atomic E-state index is 11.9. The van der Waals surface area contributed by atoms with E-state index in [9.17, 15) is 9.59 Å². The van der Waals surface area contributed by atoms with E-state index in [1.807, 2.05) is 13.0 Å². The van der Waals surface area contributed by atoms with Crippen molar-refractivity contribution in [2.24, 2.45) is 0 Å². The van der Waals surface area contributed by atoms with Gasteiger partial charge in [0.2, 0.25) is 11.8 Å². The molecule has 0 unspecified atom stereocenters. The van der Waals surface area contributed by atoms with Gasteiger partial charge >= 0.3 is 0 Å². The van der Waals surface area contributed by atoms with E-state index >= 15 is 0 Å². The van der Waals surface area contributed by atoms with Gasteiger partial charge in [0.05, 0.1) is 13.2 Å². The number of benzene rings is 1. The van der Waals surface area contributed by atoms with Gasteiger partial charge in [-0.25, -0.2) is 0 Å². The number of hydrogen-bond donors (Lipinski definition) is 1. The molecule has 0 atom stereocenters. The molecule has 0 spiro atoms. The third kappa shape index (κ3) is 5.19. The van der Waals surface area contributed by atoms with Crippen molar-refractivity contribution in [2.45, 2.75) is 13.8 Å². The van der Waals surface area contributed by atoms with Crippen LogP contribution in [-0.4, -0.2) is 43.5 Å². The number of nitrogens with zero attached hydrogens (tertiary/aromatic N) is 1. The summed E-state index contributed by atoms with van der Waals surface area (Å²) in [6.45, 7) is 4.07. The summed E-state index contributed by atoms with van der Waals surface area (Å²) in [6.07, 6.45) is 0. The zero-order chi connectivity index (χ0) is 15.1. The summed E-state index contributed by atoms with van der Waals surface area (Å²) >= 11 is 5.99. The molecule has 2 amide bonds. The van der Waals surface area contributed by atoms with Crippen LogP contribution in [0.4, 0.5) is 5.69 Å². The number of carbonyl (C=O) groups excluding carboxylic acids is 2. The summed E-state index contributed by atoms with van der Waals surface area (Å²) in [7, 11) is 1.55. The van der Waals surface area contributed by atoms with E-state index in [1.165, 1.54) is 11.8 Å². The summed E-state index contributed by atoms with van der Waals surface area (Å²) in [4.78, 5) is 24.7. The standard InChI is InChI=1S/C14H19ClN2O3/c1-10-4-5-12(8-13(10)15)16-14(19)9-17(11(2)18)6-7-20-3/h4-5,8H,6-7,9H2,1-3H3,(H,16,19). The fraction of sp³-hybridized carbons (Fsp3) is 0.429. The molecule has 0 fully saturated rings. The molecule has 1 rings (SSSR count). The average Bonchev–Trinajstić information content (AvgIpc) is 2.38. The molecule has 0 aliphatic heterocycles. The first-order chi connectivity index (χ1) is 9.43. The maximum atomic E-state index is 11.9. The number of ether oxygens (including phenoxy) is 1. The first kappa shape index (κ1) is 16.5. The van der Waals surface area contributed by atoms with Gasteiger partial charge in [-0.1, -0.05) is 17.7 Å². The van der Waals surface area contributed by atoms with E-state index < -0.39 is 0 Å². The normalized spacial score (nSPS) is 10.2. The van der Waals surface area contributed by atoms with Crippen LogP contribution in [0.3, 0.4) is 0 Å². The van der Waals surface area contributed by atoms with Crippen molar-refractivity contribution in [3.05, 3.63) is 28.8 Å². The number of rotatable bonds is 6. The predicted octanol–water partition coefficient (Wildman–Crippen LogP) is 2.08. The van der Waals surface area contributed by atoms with Gasteiger partial charge in [0, 0.05) is 31.3 Å². The van der Waals surface area contributed by atoms with Gasteiger partial charge in [-0.15, -0.1) is 0 Å². The first-order valence-electron chi connectivity index (χ1n) is 6.24. The van der Waals surface area contributed by atoms with Crippen molar-refractivity contribution in [3.63, 3.8) is 0 Å². The van der Waals surface area contributed by atoms with E-state index in [2.05, 4.69) is 5.32 Å². The molecule has 1 N–H and O–H groups in total. The Kier molecular flexibility index (Phi) is 6.48. The molecule has 0 bridgehead atoms. The van der Waals surface area contributed by atoms with Crippen molar-refractivity contribution >= 4 is 29.1 Å². The molecule has 110 valence electrons. The van der Waals surface area contributed by atoms with Crippen molar-refractivity contribution in [3.8, 4) is 0 Å². The Morgan fingerprint density at radius 1 is 1.40 bits per heavy atom. The van der Waals surface area contributed by atoms with E-state index in [-0.39, 0.29) is 18.4 Å². The summed E-state index contributed by atoms with van der Waals surface area (Å²) < 4.78 is 4.91. The van der Waals surface area contributed by atoms with Crippen molar-refractivity contribution in [2.75, 3.05) is 32.1 Å². The molecule has 5 nitrogen and oxygen atoms in total. The Labute approximate surface area is 123 Å². The number of methoxy groups -OCH3 is 1. The lowest BCUT2D eigenvalue weighted by Gasteiger charge is -2.20. The molecule has 0 aromatic heterocycles. The molecule has 0 saturated carbocycles. The molecule has 0 aliphatic carbocycles. The van der Waals surface area contributed by atoms with Crippen LogP contribution in [0, 0.1) is 6.92 Å². The Morgan fingerprint density at radius 3 is 2.65 bits per heavy atom. The molecule has 0 saturated heterocycles. The number of amides is 2. The van der Waals surface area contributed by atoms with Crippen LogP contribution in [0.15, 0.2) is 18.2 Å². The molecule has 0 aliphatic rings. The number of aryl methyl sites for hydroxylation is 1. The lowest BCUT2D eigenvalue weighted by molar-refractivity contribution is -0.133. The van der Waals surface area contributed by atoms with E-state index in [0.717, 1.165) is 5.56 Å². The van der Waals surface area contributed by atoms with E-state index in [4.69, 9.17) is 16.3 Å². The van der Waals surface area contributed by atoms with Gasteiger partial charge in [0.15, 0.2) is 0 Å². The van der Waals surface area contributed by atoms with Gasteiger partial charge in [0.25, 0.3) is 0 Å². The molecule has 1 aromatic rings. The average molecular weight is 299 g/mol. The van der Waals surface area contributed by atoms with Crippen LogP contribution in [0.5, 0.6) is 0 Å². The van der Waals surface area contributed by atoms with E-state index in [0.29, 0.717) is 23.9 Å². The Hall–Kier alpha value is -1.59. The highest BCUT2D eigenvalue weighted by molar-refractivity contribution is 6.31. The highest BCUT2D eigenvalue weighted by Gasteiger charge is 2.13. The van der Waals surface area contributed by atoms with Gasteiger partial charge in [-0.05, 0) is 24.6 Å². The summed E-state index contributed by atoms with van der Waals surface area (Å²) in [5.41, 5.74) is 1.55. The monoisotopic (exact) mass is 298 g/mol. The second-order valence-corrected chi connectivity index (χ2v) is 4.85. The van der Waals surface area contributed by atoms with Gasteiger partial charge in [-0.3, -0.25) is 9.59 Å². The number of hydrogen-bond acceptors (Lipinski definition) is 3. The molecular formula is C14H19ClN2O3. The quantitative estimate of drug-likeness (QED) is 0.875. The number of nitrogens with one attached hydrogen (secondary N) is 1. The van der Waals surface area contributed by atoms with Gasteiger partial charge in [-0.2, -0.15) is 0 Å². The van der Waals surface area contributed by atoms with Crippen LogP contribution in [0.25, 0.3) is 0 Å². The second kappa shape index (κ2) is 7.87. The van der Waals surface area contributed by atoms with Crippen LogP contribution in [0.2, 0.25) is 5.02 Å². The molecule has 0 heterocycles. The number of carbonyl (C=O) groups is 2. The first-order valence-corrected chi connectivity index (χ1v) is 6.62. The van der Waals surface area contributed by atoms with Gasteiger partial charge < -0.3 is 15.0 Å². The number of halogens is 1. The van der Waals surface area contributed by atoms with Crippen molar-refractivity contribution in [1.82, 2.24) is 4.90 Å². The molecule has 6 heteroatoms. The molecular weight excluding hydrogens is 280 g/mol. The van der Waals surface area contributed by atoms with E-state index in [1.54, 1.807) is 19.2 Å². The summed E-state index contributed by atoms with van der Waals surface area (Å²) in [5.74, 6) is -0.435. The minimum Gasteiger partial charge on any atom is -0.383 e. The number of anilines is 1. The second-order valence-electron chi connectivity index (χ2n) is 4.45. The van der Waals surface area contributed by atoms with Gasteiger partial charge in [0.1, 0.15) is 0 Å². The fourth-order valence-electron chi connectivity index (χ4n) is 1.59. The van der Waals surface area contributed by atoms with Crippen molar-refractivity contribution in [1.29, 1.82) is 0 Å². The largest absolute Gasteiger partial charge is 0.383 e. The smallest absolute Gasteiger partial charge is 0.243 e. The Bertz CT molecular complexity index is 491. The Morgan fingerprint density at radius 2 is 2.10 bits per heavy atom. The topological polar surface area (TPSA) is 58.6 Å². The summed E-state index contributed by atoms with van der Waals surface area (Å²) in [5, 5.41) is 3.30. The van der Waals surface area contributed by atoms with Crippen LogP contribution >= 0.6 is 11.6 Å². The zero-order valence-electron chi connectivity index (χ0n) is 11.9.